The Morgan fingerprint density at radius 2 is 1.97 bits per heavy atom. The Bertz CT molecular complexity index is 952. The van der Waals surface area contributed by atoms with E-state index in [1.165, 1.54) is 11.3 Å². The maximum atomic E-state index is 13.3. The van der Waals surface area contributed by atoms with E-state index in [2.05, 4.69) is 15.9 Å². The predicted octanol–water partition coefficient (Wildman–Crippen LogP) is 4.90. The SMILES string of the molecule is CC(C)(C)OC(=O)N1C(=O)[C@@H](Cc2cc(Br)cs2)C[C@@]1(Cc1ccccc1)C(=O)O. The molecule has 0 aliphatic carbocycles. The molecule has 0 bridgehead atoms. The number of carbonyl (C=O) groups is 3. The Labute approximate surface area is 188 Å². The number of nitrogens with zero attached hydrogens (tertiary/aromatic N) is 1. The van der Waals surface area contributed by atoms with Crippen molar-refractivity contribution in [1.29, 1.82) is 0 Å². The largest absolute Gasteiger partial charge is 0.479 e. The molecule has 0 saturated carbocycles. The number of carboxylic acid groups (broad SMARTS) is 1. The van der Waals surface area contributed by atoms with Gasteiger partial charge in [0.1, 0.15) is 5.60 Å². The van der Waals surface area contributed by atoms with Gasteiger partial charge in [-0.1, -0.05) is 30.3 Å². The van der Waals surface area contributed by atoms with Gasteiger partial charge in [-0.15, -0.1) is 11.3 Å². The Morgan fingerprint density at radius 1 is 1.30 bits per heavy atom. The van der Waals surface area contributed by atoms with Crippen LogP contribution in [-0.2, 0) is 27.2 Å². The van der Waals surface area contributed by atoms with Gasteiger partial charge in [-0.05, 0) is 61.2 Å². The average Bonchev–Trinajstić information content (AvgIpc) is 3.16. The van der Waals surface area contributed by atoms with Crippen LogP contribution in [0.4, 0.5) is 4.79 Å². The van der Waals surface area contributed by atoms with E-state index in [1.54, 1.807) is 45.0 Å². The third-order valence-corrected chi connectivity index (χ3v) is 6.68. The third-order valence-electron chi connectivity index (χ3n) is 4.96. The number of carboxylic acids is 1. The van der Waals surface area contributed by atoms with Crippen LogP contribution < -0.4 is 0 Å². The zero-order valence-electron chi connectivity index (χ0n) is 17.1. The summed E-state index contributed by atoms with van der Waals surface area (Å²) in [6, 6.07) is 11.0. The van der Waals surface area contributed by atoms with Crippen molar-refractivity contribution in [2.24, 2.45) is 5.92 Å². The number of hydrogen-bond acceptors (Lipinski definition) is 5. The van der Waals surface area contributed by atoms with Gasteiger partial charge >= 0.3 is 12.1 Å². The van der Waals surface area contributed by atoms with Gasteiger partial charge in [0.25, 0.3) is 0 Å². The quantitative estimate of drug-likeness (QED) is 0.639. The Hall–Kier alpha value is -2.19. The lowest BCUT2D eigenvalue weighted by Gasteiger charge is -2.34. The van der Waals surface area contributed by atoms with Crippen LogP contribution in [0.25, 0.3) is 0 Å². The van der Waals surface area contributed by atoms with Crippen molar-refractivity contribution in [2.75, 3.05) is 0 Å². The first-order chi connectivity index (χ1) is 14.0. The minimum atomic E-state index is -1.69. The standard InChI is InChI=1S/C22H24BrNO5S/c1-21(2,3)29-20(28)24-18(25)15(9-17-10-16(23)13-30-17)12-22(24,19(26)27)11-14-7-5-4-6-8-14/h4-8,10,13,15H,9,11-12H2,1-3H3,(H,26,27)/t15-,22-/m0/s1. The number of halogens is 1. The molecule has 2 atom stereocenters. The second-order valence-electron chi connectivity index (χ2n) is 8.49. The first-order valence-electron chi connectivity index (χ1n) is 9.59. The van der Waals surface area contributed by atoms with Gasteiger partial charge < -0.3 is 9.84 Å². The molecule has 30 heavy (non-hydrogen) atoms. The monoisotopic (exact) mass is 493 g/mol. The van der Waals surface area contributed by atoms with Crippen LogP contribution in [0.1, 0.15) is 37.6 Å². The van der Waals surface area contributed by atoms with Gasteiger partial charge in [-0.3, -0.25) is 4.79 Å². The lowest BCUT2D eigenvalue weighted by atomic mass is 9.85. The van der Waals surface area contributed by atoms with Crippen molar-refractivity contribution in [3.05, 3.63) is 56.7 Å². The van der Waals surface area contributed by atoms with E-state index in [9.17, 15) is 19.5 Å². The number of aliphatic carboxylic acids is 1. The van der Waals surface area contributed by atoms with Gasteiger partial charge in [0, 0.05) is 27.1 Å². The molecule has 8 heteroatoms. The first kappa shape index (κ1) is 22.5. The zero-order chi connectivity index (χ0) is 22.1. The van der Waals surface area contributed by atoms with Gasteiger partial charge in [0.2, 0.25) is 5.91 Å². The highest BCUT2D eigenvalue weighted by atomic mass is 79.9. The first-order valence-corrected chi connectivity index (χ1v) is 11.3. The van der Waals surface area contributed by atoms with Crippen LogP contribution in [0.5, 0.6) is 0 Å². The molecule has 2 aromatic rings. The molecule has 3 rings (SSSR count). The third kappa shape index (κ3) is 4.75. The Kier molecular flexibility index (Phi) is 6.38. The van der Waals surface area contributed by atoms with Crippen molar-refractivity contribution in [2.45, 2.75) is 51.2 Å². The summed E-state index contributed by atoms with van der Waals surface area (Å²) in [7, 11) is 0. The highest BCUT2D eigenvalue weighted by Gasteiger charge is 2.59. The van der Waals surface area contributed by atoms with E-state index in [4.69, 9.17) is 4.74 Å². The van der Waals surface area contributed by atoms with Crippen LogP contribution in [0.3, 0.4) is 0 Å². The van der Waals surface area contributed by atoms with E-state index in [0.29, 0.717) is 6.42 Å². The molecule has 1 N–H and O–H groups in total. The van der Waals surface area contributed by atoms with Crippen LogP contribution in [0.15, 0.2) is 46.3 Å². The van der Waals surface area contributed by atoms with Crippen molar-refractivity contribution in [3.63, 3.8) is 0 Å². The molecule has 2 amide bonds. The molecule has 0 unspecified atom stereocenters. The summed E-state index contributed by atoms with van der Waals surface area (Å²) in [5, 5.41) is 12.2. The summed E-state index contributed by atoms with van der Waals surface area (Å²) in [5.41, 5.74) is -1.81. The molecule has 1 aromatic carbocycles. The number of imide groups is 1. The Morgan fingerprint density at radius 3 is 2.50 bits per heavy atom. The maximum absolute atomic E-state index is 13.3. The van der Waals surface area contributed by atoms with E-state index < -0.39 is 35.0 Å². The van der Waals surface area contributed by atoms with Gasteiger partial charge in [0.05, 0.1) is 0 Å². The number of ether oxygens (including phenoxy) is 1. The average molecular weight is 494 g/mol. The second kappa shape index (κ2) is 8.51. The molecule has 1 fully saturated rings. The number of carbonyl (C=O) groups excluding carboxylic acids is 2. The summed E-state index contributed by atoms with van der Waals surface area (Å²) in [4.78, 5) is 40.7. The van der Waals surface area contributed by atoms with E-state index >= 15 is 0 Å². The van der Waals surface area contributed by atoms with Crippen LogP contribution in [0.2, 0.25) is 0 Å². The number of benzene rings is 1. The lowest BCUT2D eigenvalue weighted by Crippen LogP contribution is -2.57. The fourth-order valence-electron chi connectivity index (χ4n) is 3.76. The number of hydrogen-bond donors (Lipinski definition) is 1. The molecular formula is C22H24BrNO5S. The second-order valence-corrected chi connectivity index (χ2v) is 10.4. The highest BCUT2D eigenvalue weighted by molar-refractivity contribution is 9.10. The molecule has 0 radical (unpaired) electrons. The summed E-state index contributed by atoms with van der Waals surface area (Å²) in [5.74, 6) is -2.34. The van der Waals surface area contributed by atoms with Gasteiger partial charge in [-0.25, -0.2) is 14.5 Å². The van der Waals surface area contributed by atoms with Crippen LogP contribution in [0, 0.1) is 5.92 Å². The number of amides is 2. The van der Waals surface area contributed by atoms with Crippen molar-refractivity contribution >= 4 is 45.2 Å². The summed E-state index contributed by atoms with van der Waals surface area (Å²) < 4.78 is 6.34. The minimum Gasteiger partial charge on any atom is -0.479 e. The van der Waals surface area contributed by atoms with Crippen LogP contribution in [-0.4, -0.2) is 39.1 Å². The molecule has 0 spiro atoms. The van der Waals surface area contributed by atoms with Crippen LogP contribution >= 0.6 is 27.3 Å². The fourth-order valence-corrected chi connectivity index (χ4v) is 5.29. The van der Waals surface area contributed by atoms with E-state index in [-0.39, 0.29) is 12.8 Å². The molecular weight excluding hydrogens is 470 g/mol. The Balaban J connectivity index is 2.01. The van der Waals surface area contributed by atoms with Gasteiger partial charge in [0.15, 0.2) is 5.54 Å². The predicted molar refractivity (Wildman–Crippen MR) is 117 cm³/mol. The smallest absolute Gasteiger partial charge is 0.418 e. The molecule has 1 saturated heterocycles. The molecule has 1 aliphatic heterocycles. The van der Waals surface area contributed by atoms with Crippen molar-refractivity contribution < 1.29 is 24.2 Å². The minimum absolute atomic E-state index is 0.0266. The van der Waals surface area contributed by atoms with Crippen molar-refractivity contribution in [3.8, 4) is 0 Å². The molecule has 1 aliphatic rings. The van der Waals surface area contributed by atoms with Gasteiger partial charge in [-0.2, -0.15) is 0 Å². The molecule has 6 nitrogen and oxygen atoms in total. The summed E-state index contributed by atoms with van der Waals surface area (Å²) in [6.07, 6.45) is -0.484. The van der Waals surface area contributed by atoms with Crippen molar-refractivity contribution in [1.82, 2.24) is 4.90 Å². The molecule has 1 aromatic heterocycles. The topological polar surface area (TPSA) is 83.9 Å². The summed E-state index contributed by atoms with van der Waals surface area (Å²) in [6.45, 7) is 5.06. The molecule has 2 heterocycles. The zero-order valence-corrected chi connectivity index (χ0v) is 19.5. The van der Waals surface area contributed by atoms with E-state index in [0.717, 1.165) is 19.8 Å². The number of thiophene rings is 1. The normalized spacial score (nSPS) is 21.7. The van der Waals surface area contributed by atoms with E-state index in [1.807, 2.05) is 17.5 Å². The summed E-state index contributed by atoms with van der Waals surface area (Å²) >= 11 is 4.89. The molecule has 160 valence electrons. The maximum Gasteiger partial charge on any atom is 0.418 e. The number of likely N-dealkylation sites (tertiary alicyclic amines) is 1. The number of rotatable bonds is 5. The lowest BCUT2D eigenvalue weighted by molar-refractivity contribution is -0.153. The highest BCUT2D eigenvalue weighted by Crippen LogP contribution is 2.41. The fraction of sp³-hybridized carbons (Fsp3) is 0.409.